The van der Waals surface area contributed by atoms with Gasteiger partial charge in [-0.15, -0.1) is 18.3 Å². The van der Waals surface area contributed by atoms with Gasteiger partial charge in [0.15, 0.2) is 0 Å². The number of anilines is 1. The fourth-order valence-electron chi connectivity index (χ4n) is 4.24. The monoisotopic (exact) mass is 543 g/mol. The number of aryl methyl sites for hydroxylation is 1. The molecule has 0 saturated carbocycles. The molecule has 14 heteroatoms. The molecule has 0 unspecified atom stereocenters. The summed E-state index contributed by atoms with van der Waals surface area (Å²) >= 11 is 0. The van der Waals surface area contributed by atoms with Gasteiger partial charge in [-0.2, -0.15) is 4.98 Å². The molecule has 0 bridgehead atoms. The maximum absolute atomic E-state index is 12.4. The fourth-order valence-corrected chi connectivity index (χ4v) is 4.24. The summed E-state index contributed by atoms with van der Waals surface area (Å²) in [6.07, 6.45) is -4.78. The van der Waals surface area contributed by atoms with Gasteiger partial charge in [-0.05, 0) is 48.9 Å². The molecule has 1 fully saturated rings. The van der Waals surface area contributed by atoms with E-state index in [1.54, 1.807) is 16.5 Å². The normalized spacial score (nSPS) is 14.1. The lowest BCUT2D eigenvalue weighted by Crippen LogP contribution is -2.49. The third kappa shape index (κ3) is 6.17. The van der Waals surface area contributed by atoms with Gasteiger partial charge in [-0.3, -0.25) is 4.79 Å². The highest BCUT2D eigenvalue weighted by Crippen LogP contribution is 2.26. The number of nitrogens with zero attached hydrogens (tertiary/aromatic N) is 7. The first-order valence-corrected chi connectivity index (χ1v) is 12.0. The predicted octanol–water partition coefficient (Wildman–Crippen LogP) is 2.89. The smallest absolute Gasteiger partial charge is 0.406 e. The van der Waals surface area contributed by atoms with Gasteiger partial charge in [0, 0.05) is 37.4 Å². The number of carbonyl (C=O) groups excluding carboxylic acids is 1. The SMILES string of the molecule is Cc1nc(-c2nc(-c3ccc(OC(F)(F)F)cc3)no2)nn1Cc1cccc(N2CCN(C(=O)CO)CC2)c1. The topological polar surface area (TPSA) is 123 Å². The van der Waals surface area contributed by atoms with Crippen LogP contribution in [-0.4, -0.2) is 80.0 Å². The van der Waals surface area contributed by atoms with Crippen LogP contribution in [0.15, 0.2) is 53.1 Å². The highest BCUT2D eigenvalue weighted by atomic mass is 19.4. The summed E-state index contributed by atoms with van der Waals surface area (Å²) < 4.78 is 48.0. The summed E-state index contributed by atoms with van der Waals surface area (Å²) in [5.74, 6) is 0.485. The van der Waals surface area contributed by atoms with Crippen molar-refractivity contribution in [2.24, 2.45) is 0 Å². The molecule has 2 aromatic heterocycles. The number of amides is 1. The lowest BCUT2D eigenvalue weighted by Gasteiger charge is -2.36. The van der Waals surface area contributed by atoms with Crippen LogP contribution < -0.4 is 9.64 Å². The minimum Gasteiger partial charge on any atom is -0.406 e. The Morgan fingerprint density at radius 2 is 1.79 bits per heavy atom. The van der Waals surface area contributed by atoms with Gasteiger partial charge >= 0.3 is 6.36 Å². The van der Waals surface area contributed by atoms with Gasteiger partial charge in [0.25, 0.3) is 5.89 Å². The van der Waals surface area contributed by atoms with Gasteiger partial charge in [0.1, 0.15) is 18.2 Å². The second-order valence-corrected chi connectivity index (χ2v) is 8.83. The molecule has 0 spiro atoms. The Labute approximate surface area is 220 Å². The average Bonchev–Trinajstić information content (AvgIpc) is 3.55. The van der Waals surface area contributed by atoms with Crippen LogP contribution in [-0.2, 0) is 11.3 Å². The van der Waals surface area contributed by atoms with E-state index in [1.807, 2.05) is 18.2 Å². The molecule has 1 N–H and O–H groups in total. The Kier molecular flexibility index (Phi) is 7.19. The second-order valence-electron chi connectivity index (χ2n) is 8.83. The van der Waals surface area contributed by atoms with Gasteiger partial charge < -0.3 is 24.2 Å². The summed E-state index contributed by atoms with van der Waals surface area (Å²) in [7, 11) is 0. The fraction of sp³-hybridized carbons (Fsp3) is 0.320. The highest BCUT2D eigenvalue weighted by Gasteiger charge is 2.31. The quantitative estimate of drug-likeness (QED) is 0.375. The van der Waals surface area contributed by atoms with Crippen molar-refractivity contribution in [2.45, 2.75) is 19.8 Å². The zero-order valence-electron chi connectivity index (χ0n) is 20.8. The summed E-state index contributed by atoms with van der Waals surface area (Å²) in [6, 6.07) is 13.1. The number of rotatable bonds is 7. The van der Waals surface area contributed by atoms with E-state index < -0.39 is 13.0 Å². The van der Waals surface area contributed by atoms with Crippen molar-refractivity contribution < 1.29 is 32.3 Å². The first-order valence-electron chi connectivity index (χ1n) is 12.0. The molecule has 1 saturated heterocycles. The van der Waals surface area contributed by atoms with E-state index in [0.717, 1.165) is 11.3 Å². The molecular formula is C25H24F3N7O4. The number of benzene rings is 2. The predicted molar refractivity (Wildman–Crippen MR) is 132 cm³/mol. The molecule has 0 atom stereocenters. The van der Waals surface area contributed by atoms with Crippen LogP contribution in [0.1, 0.15) is 11.4 Å². The van der Waals surface area contributed by atoms with Crippen LogP contribution in [0.3, 0.4) is 0 Å². The third-order valence-corrected chi connectivity index (χ3v) is 6.20. The molecule has 4 aromatic rings. The maximum atomic E-state index is 12.4. The van der Waals surface area contributed by atoms with Crippen LogP contribution in [0.25, 0.3) is 23.1 Å². The molecule has 3 heterocycles. The first kappa shape index (κ1) is 26.2. The Balaban J connectivity index is 1.26. The Hall–Kier alpha value is -4.46. The van der Waals surface area contributed by atoms with Gasteiger partial charge in [-0.1, -0.05) is 17.3 Å². The van der Waals surface area contributed by atoms with E-state index in [2.05, 4.69) is 35.9 Å². The van der Waals surface area contributed by atoms with Gasteiger partial charge in [-0.25, -0.2) is 9.67 Å². The van der Waals surface area contributed by atoms with Crippen LogP contribution in [0.5, 0.6) is 5.75 Å². The van der Waals surface area contributed by atoms with Crippen molar-refractivity contribution in [1.29, 1.82) is 0 Å². The molecule has 1 aliphatic rings. The molecule has 1 aliphatic heterocycles. The summed E-state index contributed by atoms with van der Waals surface area (Å²) in [4.78, 5) is 24.3. The van der Waals surface area contributed by atoms with Gasteiger partial charge in [0.05, 0.1) is 6.54 Å². The van der Waals surface area contributed by atoms with E-state index in [4.69, 9.17) is 9.63 Å². The molecule has 2 aromatic carbocycles. The summed E-state index contributed by atoms with van der Waals surface area (Å²) in [5, 5.41) is 17.5. The van der Waals surface area contributed by atoms with E-state index in [-0.39, 0.29) is 29.2 Å². The summed E-state index contributed by atoms with van der Waals surface area (Å²) in [5.41, 5.74) is 2.46. The van der Waals surface area contributed by atoms with E-state index in [9.17, 15) is 18.0 Å². The molecule has 0 radical (unpaired) electrons. The van der Waals surface area contributed by atoms with E-state index >= 15 is 0 Å². The van der Waals surface area contributed by atoms with Crippen molar-refractivity contribution in [3.05, 3.63) is 59.9 Å². The number of alkyl halides is 3. The lowest BCUT2D eigenvalue weighted by atomic mass is 10.1. The van der Waals surface area contributed by atoms with Crippen LogP contribution in [0.2, 0.25) is 0 Å². The number of piperazine rings is 1. The summed E-state index contributed by atoms with van der Waals surface area (Å²) in [6.45, 7) is 4.19. The number of carbonyl (C=O) groups is 1. The third-order valence-electron chi connectivity index (χ3n) is 6.20. The molecule has 11 nitrogen and oxygen atoms in total. The lowest BCUT2D eigenvalue weighted by molar-refractivity contribution is -0.274. The number of ether oxygens (including phenoxy) is 1. The van der Waals surface area contributed by atoms with Crippen molar-refractivity contribution in [2.75, 3.05) is 37.7 Å². The molecular weight excluding hydrogens is 519 g/mol. The maximum Gasteiger partial charge on any atom is 0.573 e. The minimum absolute atomic E-state index is 0.0755. The van der Waals surface area contributed by atoms with Crippen molar-refractivity contribution in [3.8, 4) is 28.9 Å². The molecule has 1 amide bonds. The zero-order chi connectivity index (χ0) is 27.6. The molecule has 5 rings (SSSR count). The highest BCUT2D eigenvalue weighted by molar-refractivity contribution is 5.77. The zero-order valence-corrected chi connectivity index (χ0v) is 20.8. The molecule has 204 valence electrons. The number of aliphatic hydroxyl groups excluding tert-OH is 1. The van der Waals surface area contributed by atoms with Crippen molar-refractivity contribution in [3.63, 3.8) is 0 Å². The molecule has 0 aliphatic carbocycles. The largest absolute Gasteiger partial charge is 0.573 e. The van der Waals surface area contributed by atoms with Gasteiger partial charge in [0.2, 0.25) is 17.6 Å². The number of hydrogen-bond acceptors (Lipinski definition) is 9. The molecule has 39 heavy (non-hydrogen) atoms. The average molecular weight is 544 g/mol. The van der Waals surface area contributed by atoms with E-state index in [0.29, 0.717) is 44.1 Å². The number of aliphatic hydroxyl groups is 1. The number of hydrogen-bond donors (Lipinski definition) is 1. The van der Waals surface area contributed by atoms with Crippen molar-refractivity contribution >= 4 is 11.6 Å². The van der Waals surface area contributed by atoms with Crippen LogP contribution >= 0.6 is 0 Å². The first-order chi connectivity index (χ1) is 18.7. The Morgan fingerprint density at radius 3 is 2.49 bits per heavy atom. The van der Waals surface area contributed by atoms with Crippen LogP contribution in [0, 0.1) is 6.92 Å². The number of halogens is 3. The van der Waals surface area contributed by atoms with Crippen LogP contribution in [0.4, 0.5) is 18.9 Å². The Morgan fingerprint density at radius 1 is 1.05 bits per heavy atom. The second kappa shape index (κ2) is 10.7. The number of aromatic nitrogens is 5. The van der Waals surface area contributed by atoms with Crippen molar-refractivity contribution in [1.82, 2.24) is 29.8 Å². The minimum atomic E-state index is -4.78. The standard InChI is InChI=1S/C25H24F3N7O4/c1-16-29-23(24-30-22(32-39-24)18-5-7-20(8-6-18)38-25(26,27)28)31-35(16)14-17-3-2-4-19(13-17)33-9-11-34(12-10-33)21(37)15-36/h2-8,13,36H,9-12,14-15H2,1H3. The van der Waals surface area contributed by atoms with E-state index in [1.165, 1.54) is 24.3 Å². The Bertz CT molecular complexity index is 1440.